The number of hydrogen-bond acceptors (Lipinski definition) is 7. The summed E-state index contributed by atoms with van der Waals surface area (Å²) in [6.07, 6.45) is 1.62. The molecule has 0 spiro atoms. The second kappa shape index (κ2) is 8.55. The zero-order chi connectivity index (χ0) is 17.6. The molecule has 0 aliphatic carbocycles. The van der Waals surface area contributed by atoms with Gasteiger partial charge in [0.2, 0.25) is 5.91 Å². The van der Waals surface area contributed by atoms with Crippen LogP contribution >= 0.6 is 11.3 Å². The van der Waals surface area contributed by atoms with E-state index in [1.54, 1.807) is 16.8 Å². The summed E-state index contributed by atoms with van der Waals surface area (Å²) in [6.45, 7) is 5.31. The first kappa shape index (κ1) is 18.0. The fraction of sp³-hybridized carbons (Fsp3) is 0.588. The highest BCUT2D eigenvalue weighted by atomic mass is 32.1. The minimum absolute atomic E-state index is 0.00848. The Kier molecular flexibility index (Phi) is 6.17. The van der Waals surface area contributed by atoms with E-state index in [0.717, 1.165) is 29.1 Å². The van der Waals surface area contributed by atoms with Gasteiger partial charge in [-0.2, -0.15) is 0 Å². The molecule has 1 aliphatic rings. The van der Waals surface area contributed by atoms with E-state index in [-0.39, 0.29) is 18.1 Å². The van der Waals surface area contributed by atoms with Crippen molar-refractivity contribution in [1.82, 2.24) is 15.5 Å². The van der Waals surface area contributed by atoms with Crippen LogP contribution in [-0.2, 0) is 27.3 Å². The summed E-state index contributed by atoms with van der Waals surface area (Å²) in [6, 6.07) is -0.0374. The van der Waals surface area contributed by atoms with Gasteiger partial charge in [0.1, 0.15) is 11.9 Å². The maximum absolute atomic E-state index is 12.3. The average molecular weight is 365 g/mol. The second-order valence-corrected chi connectivity index (χ2v) is 6.89. The Morgan fingerprint density at radius 3 is 3.08 bits per heavy atom. The molecule has 25 heavy (non-hydrogen) atoms. The number of amides is 1. The number of carbonyl (C=O) groups is 1. The van der Waals surface area contributed by atoms with E-state index in [1.807, 2.05) is 19.2 Å². The van der Waals surface area contributed by atoms with Crippen LogP contribution in [0.4, 0.5) is 0 Å². The summed E-state index contributed by atoms with van der Waals surface area (Å²) in [5.41, 5.74) is 4.54. The third kappa shape index (κ3) is 4.87. The molecule has 1 aliphatic heterocycles. The minimum Gasteiger partial charge on any atom is -0.379 e. The van der Waals surface area contributed by atoms with Crippen LogP contribution in [0.5, 0.6) is 0 Å². The fourth-order valence-corrected chi connectivity index (χ4v) is 3.46. The Balaban J connectivity index is 1.49. The van der Waals surface area contributed by atoms with Gasteiger partial charge in [0.15, 0.2) is 0 Å². The van der Waals surface area contributed by atoms with Crippen LogP contribution in [0.25, 0.3) is 0 Å². The predicted molar refractivity (Wildman–Crippen MR) is 92.4 cm³/mol. The molecule has 2 aromatic heterocycles. The highest BCUT2D eigenvalue weighted by molar-refractivity contribution is 7.07. The molecule has 2 atom stereocenters. The molecule has 0 saturated carbocycles. The van der Waals surface area contributed by atoms with Crippen LogP contribution in [0.15, 0.2) is 15.4 Å². The summed E-state index contributed by atoms with van der Waals surface area (Å²) in [4.78, 5) is 16.5. The number of hydrogen-bond donors (Lipinski definition) is 1. The van der Waals surface area contributed by atoms with Gasteiger partial charge in [0.05, 0.1) is 36.2 Å². The smallest absolute Gasteiger partial charge is 0.220 e. The third-order valence-corrected chi connectivity index (χ3v) is 5.00. The summed E-state index contributed by atoms with van der Waals surface area (Å²) >= 11 is 1.54. The van der Waals surface area contributed by atoms with Gasteiger partial charge in [-0.25, -0.2) is 4.98 Å². The normalized spacial score (nSPS) is 20.6. The maximum atomic E-state index is 12.3. The van der Waals surface area contributed by atoms with Gasteiger partial charge in [-0.15, -0.1) is 11.3 Å². The van der Waals surface area contributed by atoms with Crippen molar-refractivity contribution in [3.05, 3.63) is 33.6 Å². The molecule has 8 heteroatoms. The van der Waals surface area contributed by atoms with E-state index >= 15 is 0 Å². The van der Waals surface area contributed by atoms with Gasteiger partial charge in [-0.1, -0.05) is 5.16 Å². The summed E-state index contributed by atoms with van der Waals surface area (Å²) in [5, 5.41) is 8.97. The number of aromatic nitrogens is 2. The molecule has 7 nitrogen and oxygen atoms in total. The van der Waals surface area contributed by atoms with Crippen molar-refractivity contribution >= 4 is 17.2 Å². The number of aryl methyl sites for hydroxylation is 2. The van der Waals surface area contributed by atoms with Crippen molar-refractivity contribution < 1.29 is 18.8 Å². The molecule has 3 heterocycles. The lowest BCUT2D eigenvalue weighted by Gasteiger charge is -2.32. The summed E-state index contributed by atoms with van der Waals surface area (Å²) in [7, 11) is 0. The average Bonchev–Trinajstić information content (AvgIpc) is 3.23. The number of nitrogens with zero attached hydrogens (tertiary/aromatic N) is 2. The first-order chi connectivity index (χ1) is 12.1. The molecule has 136 valence electrons. The van der Waals surface area contributed by atoms with Gasteiger partial charge in [-0.05, 0) is 26.7 Å². The highest BCUT2D eigenvalue weighted by Crippen LogP contribution is 2.16. The molecule has 0 radical (unpaired) electrons. The quantitative estimate of drug-likeness (QED) is 0.809. The molecule has 2 aromatic rings. The number of rotatable bonds is 7. The maximum Gasteiger partial charge on any atom is 0.220 e. The molecular weight excluding hydrogens is 342 g/mol. The first-order valence-corrected chi connectivity index (χ1v) is 9.35. The van der Waals surface area contributed by atoms with Crippen molar-refractivity contribution in [3.8, 4) is 0 Å². The van der Waals surface area contributed by atoms with E-state index in [2.05, 4.69) is 15.5 Å². The van der Waals surface area contributed by atoms with Crippen LogP contribution in [0.1, 0.15) is 35.6 Å². The van der Waals surface area contributed by atoms with Crippen molar-refractivity contribution in [2.45, 2.75) is 51.9 Å². The van der Waals surface area contributed by atoms with Gasteiger partial charge in [0, 0.05) is 24.0 Å². The van der Waals surface area contributed by atoms with Crippen LogP contribution in [0, 0.1) is 13.8 Å². The van der Waals surface area contributed by atoms with Gasteiger partial charge in [-0.3, -0.25) is 4.79 Å². The SMILES string of the molecule is Cc1noc(C)c1CCC(=O)N[C@@H]1CCOC[C@H]1OCc1cscn1. The van der Waals surface area contributed by atoms with Crippen LogP contribution < -0.4 is 5.32 Å². The zero-order valence-electron chi connectivity index (χ0n) is 14.5. The molecule has 1 N–H and O–H groups in total. The largest absolute Gasteiger partial charge is 0.379 e. The number of thiazole rings is 1. The molecular formula is C17H23N3O4S. The van der Waals surface area contributed by atoms with Crippen molar-refractivity contribution in [3.63, 3.8) is 0 Å². The fourth-order valence-electron chi connectivity index (χ4n) is 2.92. The van der Waals surface area contributed by atoms with Crippen molar-refractivity contribution in [2.24, 2.45) is 0 Å². The monoisotopic (exact) mass is 365 g/mol. The molecule has 0 unspecified atom stereocenters. The Bertz CT molecular complexity index is 667. The first-order valence-electron chi connectivity index (χ1n) is 8.41. The molecule has 1 saturated heterocycles. The van der Waals surface area contributed by atoms with Crippen LogP contribution in [0.3, 0.4) is 0 Å². The van der Waals surface area contributed by atoms with E-state index in [9.17, 15) is 4.79 Å². The Labute approximate surface area is 150 Å². The summed E-state index contributed by atoms with van der Waals surface area (Å²) < 4.78 is 16.5. The Hall–Kier alpha value is -1.77. The highest BCUT2D eigenvalue weighted by Gasteiger charge is 2.28. The van der Waals surface area contributed by atoms with Crippen LogP contribution in [0.2, 0.25) is 0 Å². The molecule has 3 rings (SSSR count). The van der Waals surface area contributed by atoms with E-state index in [0.29, 0.717) is 32.7 Å². The van der Waals surface area contributed by atoms with Crippen molar-refractivity contribution in [1.29, 1.82) is 0 Å². The lowest BCUT2D eigenvalue weighted by molar-refractivity contribution is -0.126. The number of nitrogens with one attached hydrogen (secondary N) is 1. The number of carbonyl (C=O) groups excluding carboxylic acids is 1. The van der Waals surface area contributed by atoms with E-state index in [1.165, 1.54) is 0 Å². The Morgan fingerprint density at radius 1 is 1.48 bits per heavy atom. The summed E-state index contributed by atoms with van der Waals surface area (Å²) in [5.74, 6) is 0.787. The number of ether oxygens (including phenoxy) is 2. The zero-order valence-corrected chi connectivity index (χ0v) is 15.3. The van der Waals surface area contributed by atoms with Crippen molar-refractivity contribution in [2.75, 3.05) is 13.2 Å². The topological polar surface area (TPSA) is 86.5 Å². The Morgan fingerprint density at radius 2 is 2.36 bits per heavy atom. The predicted octanol–water partition coefficient (Wildman–Crippen LogP) is 2.17. The minimum atomic E-state index is -0.154. The van der Waals surface area contributed by atoms with Gasteiger partial charge in [0.25, 0.3) is 0 Å². The molecule has 1 fully saturated rings. The van der Waals surface area contributed by atoms with E-state index < -0.39 is 0 Å². The third-order valence-electron chi connectivity index (χ3n) is 4.36. The molecule has 1 amide bonds. The van der Waals surface area contributed by atoms with Gasteiger partial charge >= 0.3 is 0 Å². The molecule has 0 bridgehead atoms. The van der Waals surface area contributed by atoms with Crippen LogP contribution in [-0.4, -0.2) is 41.4 Å². The standard InChI is InChI=1S/C17H23N3O4S/c1-11-14(12(2)24-20-11)3-4-17(21)19-15-5-6-22-8-16(15)23-7-13-9-25-10-18-13/h9-10,15-16H,3-8H2,1-2H3,(H,19,21)/t15-,16-/m1/s1. The lowest BCUT2D eigenvalue weighted by Crippen LogP contribution is -2.50. The molecule has 0 aromatic carbocycles. The van der Waals surface area contributed by atoms with E-state index in [4.69, 9.17) is 14.0 Å². The lowest BCUT2D eigenvalue weighted by atomic mass is 10.0. The second-order valence-electron chi connectivity index (χ2n) is 6.17. The van der Waals surface area contributed by atoms with Gasteiger partial charge < -0.3 is 19.3 Å².